The van der Waals surface area contributed by atoms with E-state index in [-0.39, 0.29) is 11.5 Å². The molecule has 0 atom stereocenters. The largest absolute Gasteiger partial charge is 0.508 e. The molecule has 2 nitrogen and oxygen atoms in total. The van der Waals surface area contributed by atoms with Gasteiger partial charge in [-0.2, -0.15) is 0 Å². The second-order valence-corrected chi connectivity index (χ2v) is 6.46. The van der Waals surface area contributed by atoms with Gasteiger partial charge < -0.3 is 5.11 Å². The average molecular weight is 329 g/mol. The molecule has 3 aromatic rings. The van der Waals surface area contributed by atoms with E-state index in [1.54, 1.807) is 30.3 Å². The van der Waals surface area contributed by atoms with Crippen LogP contribution >= 0.6 is 22.9 Å². The van der Waals surface area contributed by atoms with Crippen molar-refractivity contribution >= 4 is 28.7 Å². The molecule has 0 saturated carbocycles. The standard InChI is InChI=1S/C18H13ClO2S/c19-14-6-4-12(5-7-14)10-16(21)18-9-8-17(22-18)13-2-1-3-15(20)11-13/h1-9,11,20H,10H2. The van der Waals surface area contributed by atoms with Crippen LogP contribution in [0.2, 0.25) is 5.02 Å². The van der Waals surface area contributed by atoms with E-state index in [4.69, 9.17) is 11.6 Å². The normalized spacial score (nSPS) is 10.6. The van der Waals surface area contributed by atoms with Gasteiger partial charge in [0.1, 0.15) is 5.75 Å². The first-order chi connectivity index (χ1) is 10.6. The highest BCUT2D eigenvalue weighted by Gasteiger charge is 2.11. The molecule has 0 fully saturated rings. The summed E-state index contributed by atoms with van der Waals surface area (Å²) in [6, 6.07) is 18.1. The number of carbonyl (C=O) groups excluding carboxylic acids is 1. The van der Waals surface area contributed by atoms with Crippen LogP contribution in [0, 0.1) is 0 Å². The van der Waals surface area contributed by atoms with Crippen molar-refractivity contribution in [1.82, 2.24) is 0 Å². The minimum Gasteiger partial charge on any atom is -0.508 e. The highest BCUT2D eigenvalue weighted by Crippen LogP contribution is 2.30. The van der Waals surface area contributed by atoms with Crippen molar-refractivity contribution < 1.29 is 9.90 Å². The van der Waals surface area contributed by atoms with Gasteiger partial charge in [0.2, 0.25) is 0 Å². The van der Waals surface area contributed by atoms with E-state index in [1.807, 2.05) is 30.3 Å². The van der Waals surface area contributed by atoms with E-state index in [1.165, 1.54) is 11.3 Å². The number of hydrogen-bond acceptors (Lipinski definition) is 3. The molecule has 0 bridgehead atoms. The molecule has 0 saturated heterocycles. The fourth-order valence-corrected chi connectivity index (χ4v) is 3.24. The predicted molar refractivity (Wildman–Crippen MR) is 90.9 cm³/mol. The second-order valence-electron chi connectivity index (χ2n) is 4.94. The van der Waals surface area contributed by atoms with Gasteiger partial charge in [-0.3, -0.25) is 4.79 Å². The van der Waals surface area contributed by atoms with E-state index in [0.717, 1.165) is 16.0 Å². The maximum Gasteiger partial charge on any atom is 0.177 e. The molecular formula is C18H13ClO2S. The van der Waals surface area contributed by atoms with Crippen molar-refractivity contribution in [3.63, 3.8) is 0 Å². The zero-order valence-electron chi connectivity index (χ0n) is 11.6. The van der Waals surface area contributed by atoms with E-state index in [2.05, 4.69) is 0 Å². The Kier molecular flexibility index (Phi) is 4.27. The molecule has 3 rings (SSSR count). The molecule has 0 spiro atoms. The van der Waals surface area contributed by atoms with E-state index >= 15 is 0 Å². The van der Waals surface area contributed by atoms with Crippen molar-refractivity contribution in [2.75, 3.05) is 0 Å². The van der Waals surface area contributed by atoms with Crippen LogP contribution in [0.5, 0.6) is 5.75 Å². The number of hydrogen-bond donors (Lipinski definition) is 1. The Morgan fingerprint density at radius 2 is 1.82 bits per heavy atom. The van der Waals surface area contributed by atoms with Gasteiger partial charge in [0.05, 0.1) is 4.88 Å². The molecule has 0 aliphatic rings. The summed E-state index contributed by atoms with van der Waals surface area (Å²) < 4.78 is 0. The number of phenolic OH excluding ortho intramolecular Hbond substituents is 1. The van der Waals surface area contributed by atoms with Crippen LogP contribution < -0.4 is 0 Å². The molecule has 0 radical (unpaired) electrons. The van der Waals surface area contributed by atoms with E-state index in [9.17, 15) is 9.90 Å². The summed E-state index contributed by atoms with van der Waals surface area (Å²) in [6.45, 7) is 0. The first-order valence-corrected chi connectivity index (χ1v) is 7.98. The van der Waals surface area contributed by atoms with Crippen LogP contribution in [0.3, 0.4) is 0 Å². The van der Waals surface area contributed by atoms with Crippen LogP contribution in [0.15, 0.2) is 60.7 Å². The summed E-state index contributed by atoms with van der Waals surface area (Å²) in [7, 11) is 0. The van der Waals surface area contributed by atoms with E-state index < -0.39 is 0 Å². The zero-order chi connectivity index (χ0) is 15.5. The highest BCUT2D eigenvalue weighted by atomic mass is 35.5. The molecule has 4 heteroatoms. The van der Waals surface area contributed by atoms with Crippen LogP contribution in [0.25, 0.3) is 10.4 Å². The number of aromatic hydroxyl groups is 1. The second kappa shape index (κ2) is 6.34. The Hall–Kier alpha value is -2.10. The molecule has 2 aromatic carbocycles. The average Bonchev–Trinajstić information content (AvgIpc) is 3.00. The van der Waals surface area contributed by atoms with Crippen molar-refractivity contribution in [2.45, 2.75) is 6.42 Å². The molecular weight excluding hydrogens is 316 g/mol. The molecule has 0 aliphatic heterocycles. The highest BCUT2D eigenvalue weighted by molar-refractivity contribution is 7.17. The van der Waals surface area contributed by atoms with Crippen LogP contribution in [0.1, 0.15) is 15.2 Å². The smallest absolute Gasteiger partial charge is 0.177 e. The lowest BCUT2D eigenvalue weighted by Gasteiger charge is -2.00. The Morgan fingerprint density at radius 3 is 2.55 bits per heavy atom. The van der Waals surface area contributed by atoms with Crippen molar-refractivity contribution in [1.29, 1.82) is 0 Å². The summed E-state index contributed by atoms with van der Waals surface area (Å²) in [4.78, 5) is 14.0. The van der Waals surface area contributed by atoms with Crippen LogP contribution in [0.4, 0.5) is 0 Å². The first kappa shape index (κ1) is 14.8. The predicted octanol–water partition coefficient (Wildman–Crippen LogP) is 5.20. The number of rotatable bonds is 4. The summed E-state index contributed by atoms with van der Waals surface area (Å²) in [6.07, 6.45) is 0.358. The van der Waals surface area contributed by atoms with E-state index in [0.29, 0.717) is 16.3 Å². The molecule has 0 amide bonds. The first-order valence-electron chi connectivity index (χ1n) is 6.79. The Balaban J connectivity index is 1.78. The number of thiophene rings is 1. The summed E-state index contributed by atoms with van der Waals surface area (Å²) in [5.74, 6) is 0.304. The maximum atomic E-state index is 12.3. The van der Waals surface area contributed by atoms with Gasteiger partial charge in [0, 0.05) is 16.3 Å². The van der Waals surface area contributed by atoms with Gasteiger partial charge in [-0.15, -0.1) is 11.3 Å². The monoisotopic (exact) mass is 328 g/mol. The SMILES string of the molecule is O=C(Cc1ccc(Cl)cc1)c1ccc(-c2cccc(O)c2)s1. The van der Waals surface area contributed by atoms with Crippen molar-refractivity contribution in [3.05, 3.63) is 76.1 Å². The quantitative estimate of drug-likeness (QED) is 0.668. The lowest BCUT2D eigenvalue weighted by Crippen LogP contribution is -2.00. The van der Waals surface area contributed by atoms with Crippen LogP contribution in [-0.2, 0) is 6.42 Å². The molecule has 1 N–H and O–H groups in total. The molecule has 1 aromatic heterocycles. The molecule has 0 aliphatic carbocycles. The van der Waals surface area contributed by atoms with Gasteiger partial charge in [0.15, 0.2) is 5.78 Å². The third-order valence-corrected chi connectivity index (χ3v) is 4.72. The van der Waals surface area contributed by atoms with Crippen molar-refractivity contribution in [2.24, 2.45) is 0 Å². The summed E-state index contributed by atoms with van der Waals surface area (Å²) in [5, 5.41) is 10.2. The van der Waals surface area contributed by atoms with Gasteiger partial charge in [0.25, 0.3) is 0 Å². The van der Waals surface area contributed by atoms with Crippen LogP contribution in [-0.4, -0.2) is 10.9 Å². The summed E-state index contributed by atoms with van der Waals surface area (Å²) in [5.41, 5.74) is 1.86. The molecule has 22 heavy (non-hydrogen) atoms. The number of benzene rings is 2. The lowest BCUT2D eigenvalue weighted by atomic mass is 10.1. The topological polar surface area (TPSA) is 37.3 Å². The van der Waals surface area contributed by atoms with Crippen molar-refractivity contribution in [3.8, 4) is 16.2 Å². The fraction of sp³-hybridized carbons (Fsp3) is 0.0556. The van der Waals surface area contributed by atoms with Gasteiger partial charge >= 0.3 is 0 Å². The molecule has 0 unspecified atom stereocenters. The lowest BCUT2D eigenvalue weighted by molar-refractivity contribution is 0.0997. The van der Waals surface area contributed by atoms with Gasteiger partial charge in [-0.1, -0.05) is 35.9 Å². The number of Topliss-reactive ketones (excluding diaryl/α,β-unsaturated/α-hetero) is 1. The third-order valence-electron chi connectivity index (χ3n) is 3.29. The third kappa shape index (κ3) is 3.38. The fourth-order valence-electron chi connectivity index (χ4n) is 2.18. The molecule has 110 valence electrons. The number of ketones is 1. The van der Waals surface area contributed by atoms with Gasteiger partial charge in [-0.05, 0) is 47.5 Å². The Labute approximate surface area is 137 Å². The molecule has 1 heterocycles. The number of carbonyl (C=O) groups is 1. The number of halogens is 1. The minimum atomic E-state index is 0.0822. The Bertz CT molecular complexity index is 806. The summed E-state index contributed by atoms with van der Waals surface area (Å²) >= 11 is 7.28. The maximum absolute atomic E-state index is 12.3. The van der Waals surface area contributed by atoms with Gasteiger partial charge in [-0.25, -0.2) is 0 Å². The zero-order valence-corrected chi connectivity index (χ0v) is 13.2. The minimum absolute atomic E-state index is 0.0822. The Morgan fingerprint density at radius 1 is 1.05 bits per heavy atom. The number of phenols is 1.